The maximum Gasteiger partial charge on any atom is 0.259 e. The molecule has 7 nitrogen and oxygen atoms in total. The van der Waals surface area contributed by atoms with Crippen molar-refractivity contribution in [2.75, 3.05) is 26.1 Å². The van der Waals surface area contributed by atoms with Crippen LogP contribution in [-0.4, -0.2) is 39.4 Å². The summed E-state index contributed by atoms with van der Waals surface area (Å²) < 4.78 is 38.0. The SMILES string of the molecule is COc1ccc(C(=O)Nc2ccc3c(c2)CN(S(=O)(=O)c2cccs2)CC3)c(OC)c1. The second kappa shape index (κ2) is 8.70. The molecule has 0 fully saturated rings. The van der Waals surface area contributed by atoms with Crippen molar-refractivity contribution >= 4 is 33.0 Å². The third kappa shape index (κ3) is 4.30. The number of carbonyl (C=O) groups is 1. The van der Waals surface area contributed by atoms with Gasteiger partial charge in [-0.3, -0.25) is 4.79 Å². The number of hydrogen-bond acceptors (Lipinski definition) is 6. The van der Waals surface area contributed by atoms with Gasteiger partial charge in [0.2, 0.25) is 0 Å². The Morgan fingerprint density at radius 2 is 1.90 bits per heavy atom. The average molecular weight is 459 g/mol. The van der Waals surface area contributed by atoms with E-state index in [9.17, 15) is 13.2 Å². The zero-order valence-corrected chi connectivity index (χ0v) is 18.8. The Kier molecular flexibility index (Phi) is 5.99. The third-order valence-corrected chi connectivity index (χ3v) is 8.40. The highest BCUT2D eigenvalue weighted by atomic mass is 32.2. The molecule has 0 atom stereocenters. The maximum absolute atomic E-state index is 12.9. The normalized spacial score (nSPS) is 14.0. The molecule has 0 radical (unpaired) electrons. The fourth-order valence-corrected chi connectivity index (χ4v) is 6.10. The highest BCUT2D eigenvalue weighted by molar-refractivity contribution is 7.91. The third-order valence-electron chi connectivity index (χ3n) is 5.18. The van der Waals surface area contributed by atoms with E-state index in [2.05, 4.69) is 5.32 Å². The molecule has 0 unspecified atom stereocenters. The summed E-state index contributed by atoms with van der Waals surface area (Å²) in [5.41, 5.74) is 2.93. The number of nitrogens with one attached hydrogen (secondary N) is 1. The second-order valence-corrected chi connectivity index (χ2v) is 10.1. The Bertz CT molecular complexity index is 1210. The summed E-state index contributed by atoms with van der Waals surface area (Å²) >= 11 is 1.21. The molecular formula is C22H22N2O5S2. The summed E-state index contributed by atoms with van der Waals surface area (Å²) in [6.07, 6.45) is 0.625. The van der Waals surface area contributed by atoms with E-state index in [1.54, 1.807) is 42.8 Å². The number of anilines is 1. The molecule has 0 spiro atoms. The van der Waals surface area contributed by atoms with Crippen LogP contribution in [0, 0.1) is 0 Å². The Morgan fingerprint density at radius 1 is 1.06 bits per heavy atom. The average Bonchev–Trinajstić information content (AvgIpc) is 3.34. The van der Waals surface area contributed by atoms with Gasteiger partial charge in [-0.05, 0) is 53.3 Å². The molecule has 1 amide bonds. The second-order valence-electron chi connectivity index (χ2n) is 7.02. The Morgan fingerprint density at radius 3 is 2.61 bits per heavy atom. The monoisotopic (exact) mass is 458 g/mol. The number of benzene rings is 2. The minimum atomic E-state index is -3.52. The molecule has 0 aliphatic carbocycles. The number of sulfonamides is 1. The fourth-order valence-electron chi connectivity index (χ4n) is 3.54. The van der Waals surface area contributed by atoms with Gasteiger partial charge in [-0.15, -0.1) is 11.3 Å². The lowest BCUT2D eigenvalue weighted by Crippen LogP contribution is -2.35. The summed E-state index contributed by atoms with van der Waals surface area (Å²) in [5.74, 6) is 0.676. The van der Waals surface area contributed by atoms with E-state index >= 15 is 0 Å². The van der Waals surface area contributed by atoms with Gasteiger partial charge in [0.05, 0.1) is 19.8 Å². The van der Waals surface area contributed by atoms with E-state index in [0.717, 1.165) is 11.1 Å². The number of methoxy groups -OCH3 is 2. The van der Waals surface area contributed by atoms with Crippen LogP contribution in [0.2, 0.25) is 0 Å². The van der Waals surface area contributed by atoms with Crippen LogP contribution in [0.3, 0.4) is 0 Å². The summed E-state index contributed by atoms with van der Waals surface area (Å²) in [7, 11) is -0.481. The van der Waals surface area contributed by atoms with Crippen LogP contribution in [0.15, 0.2) is 58.1 Å². The van der Waals surface area contributed by atoms with Crippen LogP contribution in [0.25, 0.3) is 0 Å². The molecule has 31 heavy (non-hydrogen) atoms. The smallest absolute Gasteiger partial charge is 0.259 e. The first-order chi connectivity index (χ1) is 14.9. The summed E-state index contributed by atoms with van der Waals surface area (Å²) in [6, 6.07) is 13.9. The van der Waals surface area contributed by atoms with Gasteiger partial charge >= 0.3 is 0 Å². The fraction of sp³-hybridized carbons (Fsp3) is 0.227. The van der Waals surface area contributed by atoms with Crippen LogP contribution < -0.4 is 14.8 Å². The van der Waals surface area contributed by atoms with Crippen molar-refractivity contribution in [2.45, 2.75) is 17.2 Å². The van der Waals surface area contributed by atoms with Crippen molar-refractivity contribution in [1.29, 1.82) is 0 Å². The van der Waals surface area contributed by atoms with E-state index in [1.807, 2.05) is 18.2 Å². The van der Waals surface area contributed by atoms with Gasteiger partial charge < -0.3 is 14.8 Å². The maximum atomic E-state index is 12.9. The van der Waals surface area contributed by atoms with Gasteiger partial charge in [0.1, 0.15) is 15.7 Å². The quantitative estimate of drug-likeness (QED) is 0.608. The van der Waals surface area contributed by atoms with Gasteiger partial charge in [0.25, 0.3) is 15.9 Å². The largest absolute Gasteiger partial charge is 0.497 e. The summed E-state index contributed by atoms with van der Waals surface area (Å²) in [4.78, 5) is 12.8. The number of rotatable bonds is 6. The Labute approximate surface area is 185 Å². The first kappa shape index (κ1) is 21.4. The predicted molar refractivity (Wildman–Crippen MR) is 120 cm³/mol. The highest BCUT2D eigenvalue weighted by Crippen LogP contribution is 2.30. The van der Waals surface area contributed by atoms with Crippen molar-refractivity contribution in [1.82, 2.24) is 4.31 Å². The van der Waals surface area contributed by atoms with E-state index in [1.165, 1.54) is 22.8 Å². The molecule has 3 aromatic rings. The lowest BCUT2D eigenvalue weighted by molar-refractivity contribution is 0.102. The molecule has 4 rings (SSSR count). The minimum absolute atomic E-state index is 0.269. The van der Waals surface area contributed by atoms with Gasteiger partial charge in [-0.25, -0.2) is 8.42 Å². The predicted octanol–water partition coefficient (Wildman–Crippen LogP) is 3.76. The number of ether oxygens (including phenoxy) is 2. The molecule has 0 saturated carbocycles. The molecule has 2 heterocycles. The molecule has 0 saturated heterocycles. The molecule has 1 N–H and O–H groups in total. The first-order valence-electron chi connectivity index (χ1n) is 9.61. The lowest BCUT2D eigenvalue weighted by atomic mass is 10.0. The van der Waals surface area contributed by atoms with E-state index in [-0.39, 0.29) is 12.5 Å². The zero-order valence-electron chi connectivity index (χ0n) is 17.1. The van der Waals surface area contributed by atoms with Crippen LogP contribution in [0.1, 0.15) is 21.5 Å². The van der Waals surface area contributed by atoms with Gasteiger partial charge in [-0.2, -0.15) is 4.31 Å². The lowest BCUT2D eigenvalue weighted by Gasteiger charge is -2.28. The summed E-state index contributed by atoms with van der Waals surface area (Å²) in [6.45, 7) is 0.702. The number of fused-ring (bicyclic) bond motifs is 1. The van der Waals surface area contributed by atoms with Crippen LogP contribution in [0.4, 0.5) is 5.69 Å². The van der Waals surface area contributed by atoms with Crippen LogP contribution in [0.5, 0.6) is 11.5 Å². The molecule has 0 bridgehead atoms. The molecule has 1 aliphatic rings. The van der Waals surface area contributed by atoms with E-state index in [0.29, 0.717) is 39.9 Å². The van der Waals surface area contributed by atoms with Crippen molar-refractivity contribution in [2.24, 2.45) is 0 Å². The molecule has 162 valence electrons. The van der Waals surface area contributed by atoms with Gasteiger partial charge in [-0.1, -0.05) is 12.1 Å². The van der Waals surface area contributed by atoms with E-state index < -0.39 is 10.0 Å². The molecule has 1 aromatic heterocycles. The number of carbonyl (C=O) groups excluding carboxylic acids is 1. The van der Waals surface area contributed by atoms with Crippen molar-refractivity contribution < 1.29 is 22.7 Å². The topological polar surface area (TPSA) is 84.9 Å². The number of nitrogens with zero attached hydrogens (tertiary/aromatic N) is 1. The Balaban J connectivity index is 1.55. The number of thiophene rings is 1. The Hall–Kier alpha value is -2.88. The molecule has 9 heteroatoms. The van der Waals surface area contributed by atoms with Crippen molar-refractivity contribution in [3.63, 3.8) is 0 Å². The number of hydrogen-bond donors (Lipinski definition) is 1. The zero-order chi connectivity index (χ0) is 22.0. The highest BCUT2D eigenvalue weighted by Gasteiger charge is 2.29. The van der Waals surface area contributed by atoms with E-state index in [4.69, 9.17) is 9.47 Å². The standard InChI is InChI=1S/C22H22N2O5S2/c1-28-18-7-8-19(20(13-18)29-2)22(25)23-17-6-5-15-9-10-24(14-16(15)12-17)31(26,27)21-4-3-11-30-21/h3-8,11-13H,9-10,14H2,1-2H3,(H,23,25). The van der Waals surface area contributed by atoms with Crippen molar-refractivity contribution in [3.8, 4) is 11.5 Å². The minimum Gasteiger partial charge on any atom is -0.497 e. The number of amides is 1. The van der Waals surface area contributed by atoms with Crippen LogP contribution in [-0.2, 0) is 23.0 Å². The molecular weight excluding hydrogens is 436 g/mol. The first-order valence-corrected chi connectivity index (χ1v) is 11.9. The van der Waals surface area contributed by atoms with Crippen LogP contribution >= 0.6 is 11.3 Å². The van der Waals surface area contributed by atoms with Gasteiger partial charge in [0, 0.05) is 24.8 Å². The summed E-state index contributed by atoms with van der Waals surface area (Å²) in [5, 5.41) is 4.63. The molecule has 2 aromatic carbocycles. The van der Waals surface area contributed by atoms with Gasteiger partial charge in [0.15, 0.2) is 0 Å². The molecule has 1 aliphatic heterocycles. The van der Waals surface area contributed by atoms with Crippen molar-refractivity contribution in [3.05, 3.63) is 70.6 Å².